The lowest BCUT2D eigenvalue weighted by Gasteiger charge is -2.32. The Morgan fingerprint density at radius 2 is 2.30 bits per heavy atom. The molecule has 1 aliphatic heterocycles. The monoisotopic (exact) mass is 300 g/mol. The summed E-state index contributed by atoms with van der Waals surface area (Å²) in [5, 5.41) is 4.23. The SMILES string of the molecule is CNS(=O)(=O)CCCN1CCCC(c2ccnn2C)C1. The fourth-order valence-electron chi connectivity index (χ4n) is 2.86. The zero-order valence-electron chi connectivity index (χ0n) is 12.2. The van der Waals surface area contributed by atoms with E-state index < -0.39 is 10.0 Å². The Morgan fingerprint density at radius 3 is 2.95 bits per heavy atom. The highest BCUT2D eigenvalue weighted by Gasteiger charge is 2.23. The molecule has 7 heteroatoms. The van der Waals surface area contributed by atoms with E-state index in [1.54, 1.807) is 0 Å². The van der Waals surface area contributed by atoms with E-state index in [1.165, 1.54) is 19.2 Å². The van der Waals surface area contributed by atoms with Crippen LogP contribution >= 0.6 is 0 Å². The van der Waals surface area contributed by atoms with E-state index >= 15 is 0 Å². The Bertz CT molecular complexity index is 526. The van der Waals surface area contributed by atoms with Crippen LogP contribution in [0.1, 0.15) is 30.9 Å². The summed E-state index contributed by atoms with van der Waals surface area (Å²) in [4.78, 5) is 2.37. The third-order valence-electron chi connectivity index (χ3n) is 3.98. The zero-order chi connectivity index (χ0) is 14.6. The van der Waals surface area contributed by atoms with E-state index in [0.717, 1.165) is 26.1 Å². The van der Waals surface area contributed by atoms with Crippen LogP contribution in [0.4, 0.5) is 0 Å². The number of likely N-dealkylation sites (tertiary alicyclic amines) is 1. The van der Waals surface area contributed by atoms with Crippen LogP contribution in [0.5, 0.6) is 0 Å². The van der Waals surface area contributed by atoms with Gasteiger partial charge in [0, 0.05) is 31.4 Å². The van der Waals surface area contributed by atoms with Crippen molar-refractivity contribution in [2.75, 3.05) is 32.4 Å². The minimum atomic E-state index is -3.07. The Hall–Kier alpha value is -0.920. The molecule has 2 heterocycles. The van der Waals surface area contributed by atoms with Crippen molar-refractivity contribution in [1.29, 1.82) is 0 Å². The largest absolute Gasteiger partial charge is 0.303 e. The molecule has 0 aliphatic carbocycles. The lowest BCUT2D eigenvalue weighted by Crippen LogP contribution is -2.36. The van der Waals surface area contributed by atoms with Gasteiger partial charge in [-0.2, -0.15) is 5.10 Å². The molecule has 0 radical (unpaired) electrons. The average molecular weight is 300 g/mol. The van der Waals surface area contributed by atoms with Gasteiger partial charge in [0.05, 0.1) is 5.75 Å². The Morgan fingerprint density at radius 1 is 1.50 bits per heavy atom. The summed E-state index contributed by atoms with van der Waals surface area (Å²) in [5.41, 5.74) is 1.28. The molecule has 1 aliphatic rings. The molecule has 0 saturated carbocycles. The van der Waals surface area contributed by atoms with E-state index in [1.807, 2.05) is 17.9 Å². The molecule has 114 valence electrons. The number of rotatable bonds is 6. The van der Waals surface area contributed by atoms with Crippen molar-refractivity contribution in [3.8, 4) is 0 Å². The number of nitrogens with one attached hydrogen (secondary N) is 1. The first-order chi connectivity index (χ1) is 9.52. The minimum Gasteiger partial charge on any atom is -0.303 e. The van der Waals surface area contributed by atoms with Gasteiger partial charge in [0.2, 0.25) is 10.0 Å². The fraction of sp³-hybridized carbons (Fsp3) is 0.769. The summed E-state index contributed by atoms with van der Waals surface area (Å²) < 4.78 is 27.1. The number of hydrogen-bond donors (Lipinski definition) is 1. The maximum Gasteiger partial charge on any atom is 0.211 e. The van der Waals surface area contributed by atoms with Crippen molar-refractivity contribution in [3.63, 3.8) is 0 Å². The number of sulfonamides is 1. The molecule has 1 N–H and O–H groups in total. The van der Waals surface area contributed by atoms with Gasteiger partial charge in [0.15, 0.2) is 0 Å². The second kappa shape index (κ2) is 6.69. The first-order valence-corrected chi connectivity index (χ1v) is 8.78. The molecule has 1 aromatic rings. The third kappa shape index (κ3) is 4.04. The first-order valence-electron chi connectivity index (χ1n) is 7.13. The van der Waals surface area contributed by atoms with E-state index in [0.29, 0.717) is 12.3 Å². The number of nitrogens with zero attached hydrogens (tertiary/aromatic N) is 3. The van der Waals surface area contributed by atoms with Crippen LogP contribution in [0.2, 0.25) is 0 Å². The predicted octanol–water partition coefficient (Wildman–Crippen LogP) is 0.539. The van der Waals surface area contributed by atoms with Gasteiger partial charge in [-0.15, -0.1) is 0 Å². The molecule has 1 aromatic heterocycles. The van der Waals surface area contributed by atoms with Gasteiger partial charge in [-0.25, -0.2) is 13.1 Å². The van der Waals surface area contributed by atoms with Crippen LogP contribution in [-0.4, -0.2) is 55.5 Å². The molecule has 1 saturated heterocycles. The molecular weight excluding hydrogens is 276 g/mol. The van der Waals surface area contributed by atoms with Crippen molar-refractivity contribution in [3.05, 3.63) is 18.0 Å². The first kappa shape index (κ1) is 15.5. The fourth-order valence-corrected chi connectivity index (χ4v) is 3.58. The molecular formula is C13H24N4O2S. The van der Waals surface area contributed by atoms with Gasteiger partial charge in [-0.05, 0) is 45.5 Å². The molecule has 0 aromatic carbocycles. The van der Waals surface area contributed by atoms with Crippen LogP contribution in [0.15, 0.2) is 12.3 Å². The number of aryl methyl sites for hydroxylation is 1. The maximum absolute atomic E-state index is 11.4. The highest BCUT2D eigenvalue weighted by Crippen LogP contribution is 2.26. The Balaban J connectivity index is 1.84. The van der Waals surface area contributed by atoms with E-state index in [-0.39, 0.29) is 5.75 Å². The molecule has 1 unspecified atom stereocenters. The summed E-state index contributed by atoms with van der Waals surface area (Å²) in [7, 11) is 0.372. The molecule has 1 fully saturated rings. The second-order valence-corrected chi connectivity index (χ2v) is 7.44. The van der Waals surface area contributed by atoms with Crippen molar-refractivity contribution >= 4 is 10.0 Å². The zero-order valence-corrected chi connectivity index (χ0v) is 13.1. The van der Waals surface area contributed by atoms with Crippen molar-refractivity contribution in [2.24, 2.45) is 7.05 Å². The van der Waals surface area contributed by atoms with E-state index in [2.05, 4.69) is 20.8 Å². The summed E-state index contributed by atoms with van der Waals surface area (Å²) in [6, 6.07) is 2.08. The van der Waals surface area contributed by atoms with Crippen LogP contribution in [0.25, 0.3) is 0 Å². The Labute approximate surface area is 121 Å². The molecule has 20 heavy (non-hydrogen) atoms. The van der Waals surface area contributed by atoms with Crippen molar-refractivity contribution in [2.45, 2.75) is 25.2 Å². The maximum atomic E-state index is 11.4. The summed E-state index contributed by atoms with van der Waals surface area (Å²) >= 11 is 0. The second-order valence-electron chi connectivity index (χ2n) is 5.40. The normalized spacial score (nSPS) is 21.2. The van der Waals surface area contributed by atoms with E-state index in [9.17, 15) is 8.42 Å². The summed E-state index contributed by atoms with van der Waals surface area (Å²) in [5.74, 6) is 0.716. The highest BCUT2D eigenvalue weighted by molar-refractivity contribution is 7.89. The number of aromatic nitrogens is 2. The van der Waals surface area contributed by atoms with Gasteiger partial charge in [-0.3, -0.25) is 4.68 Å². The van der Waals surface area contributed by atoms with Gasteiger partial charge in [0.1, 0.15) is 0 Å². The molecule has 1 atom stereocenters. The number of hydrogen-bond acceptors (Lipinski definition) is 4. The molecule has 2 rings (SSSR count). The van der Waals surface area contributed by atoms with Crippen LogP contribution in [-0.2, 0) is 17.1 Å². The lowest BCUT2D eigenvalue weighted by atomic mass is 9.94. The predicted molar refractivity (Wildman–Crippen MR) is 79.1 cm³/mol. The smallest absolute Gasteiger partial charge is 0.211 e. The molecule has 0 spiro atoms. The van der Waals surface area contributed by atoms with Crippen LogP contribution in [0, 0.1) is 0 Å². The Kier molecular flexibility index (Phi) is 5.17. The average Bonchev–Trinajstić information content (AvgIpc) is 2.85. The van der Waals surface area contributed by atoms with Crippen molar-refractivity contribution in [1.82, 2.24) is 19.4 Å². The quantitative estimate of drug-likeness (QED) is 0.832. The molecule has 0 bridgehead atoms. The van der Waals surface area contributed by atoms with Gasteiger partial charge in [-0.1, -0.05) is 0 Å². The van der Waals surface area contributed by atoms with Crippen LogP contribution < -0.4 is 4.72 Å². The number of piperidine rings is 1. The molecule has 0 amide bonds. The minimum absolute atomic E-state index is 0.205. The van der Waals surface area contributed by atoms with Crippen molar-refractivity contribution < 1.29 is 8.42 Å². The van der Waals surface area contributed by atoms with Gasteiger partial charge in [0.25, 0.3) is 0 Å². The van der Waals surface area contributed by atoms with Gasteiger partial charge < -0.3 is 4.90 Å². The lowest BCUT2D eigenvalue weighted by molar-refractivity contribution is 0.205. The highest BCUT2D eigenvalue weighted by atomic mass is 32.2. The van der Waals surface area contributed by atoms with E-state index in [4.69, 9.17) is 0 Å². The summed E-state index contributed by atoms with van der Waals surface area (Å²) in [6.07, 6.45) is 4.87. The third-order valence-corrected chi connectivity index (χ3v) is 5.43. The standard InChI is InChI=1S/C13H24N4O2S/c1-14-20(18,19)10-4-9-17-8-3-5-12(11-17)13-6-7-15-16(13)2/h6-7,12,14H,3-5,8-11H2,1-2H3. The summed E-state index contributed by atoms with van der Waals surface area (Å²) in [6.45, 7) is 2.91. The van der Waals surface area contributed by atoms with Crippen LogP contribution in [0.3, 0.4) is 0 Å². The van der Waals surface area contributed by atoms with Gasteiger partial charge >= 0.3 is 0 Å². The topological polar surface area (TPSA) is 67.2 Å². The molecule has 6 nitrogen and oxygen atoms in total.